The highest BCUT2D eigenvalue weighted by atomic mass is 16.6. The van der Waals surface area contributed by atoms with Crippen LogP contribution in [0.1, 0.15) is 16.1 Å². The van der Waals surface area contributed by atoms with E-state index < -0.39 is 10.9 Å². The van der Waals surface area contributed by atoms with Crippen molar-refractivity contribution in [3.8, 4) is 0 Å². The summed E-state index contributed by atoms with van der Waals surface area (Å²) in [5.41, 5.74) is 0.818. The first-order chi connectivity index (χ1) is 8.04. The number of nitrogens with zero attached hydrogens (tertiary/aromatic N) is 2. The molecule has 0 atom stereocenters. The maximum Gasteiger partial charge on any atom is 0.344 e. The number of aromatic nitrogens is 2. The summed E-state index contributed by atoms with van der Waals surface area (Å²) in [6.07, 6.45) is 0. The molecule has 7 nitrogen and oxygen atoms in total. The van der Waals surface area contributed by atoms with Crippen molar-refractivity contribution in [2.24, 2.45) is 0 Å². The SMILES string of the molecule is COC(=O)c1cc2n[nH]c(C)c2cc1[N+](=O)[O-]. The molecular weight excluding hydrogens is 226 g/mol. The third kappa shape index (κ3) is 1.71. The Morgan fingerprint density at radius 3 is 2.82 bits per heavy atom. The molecule has 1 N–H and O–H groups in total. The summed E-state index contributed by atoms with van der Waals surface area (Å²) < 4.78 is 4.50. The van der Waals surface area contributed by atoms with Crippen molar-refractivity contribution in [3.05, 3.63) is 33.5 Å². The average Bonchev–Trinajstić information content (AvgIpc) is 2.68. The molecule has 1 heterocycles. The predicted octanol–water partition coefficient (Wildman–Crippen LogP) is 1.57. The van der Waals surface area contributed by atoms with E-state index in [1.54, 1.807) is 6.92 Å². The van der Waals surface area contributed by atoms with Gasteiger partial charge < -0.3 is 4.74 Å². The normalized spacial score (nSPS) is 10.5. The number of rotatable bonds is 2. The Morgan fingerprint density at radius 2 is 2.24 bits per heavy atom. The molecule has 1 aromatic heterocycles. The number of carbonyl (C=O) groups is 1. The third-order valence-electron chi connectivity index (χ3n) is 2.46. The van der Waals surface area contributed by atoms with E-state index in [2.05, 4.69) is 14.9 Å². The van der Waals surface area contributed by atoms with Gasteiger partial charge in [-0.2, -0.15) is 5.10 Å². The van der Waals surface area contributed by atoms with Gasteiger partial charge in [0.15, 0.2) is 0 Å². The molecule has 0 aliphatic rings. The number of benzene rings is 1. The van der Waals surface area contributed by atoms with Crippen molar-refractivity contribution in [3.63, 3.8) is 0 Å². The molecule has 0 unspecified atom stereocenters. The number of nitro benzene ring substituents is 1. The number of H-pyrrole nitrogens is 1. The summed E-state index contributed by atoms with van der Waals surface area (Å²) in [6.45, 7) is 1.75. The van der Waals surface area contributed by atoms with Crippen LogP contribution in [0.5, 0.6) is 0 Å². The molecule has 0 saturated carbocycles. The minimum atomic E-state index is -0.751. The number of carbonyl (C=O) groups excluding carboxylic acids is 1. The van der Waals surface area contributed by atoms with E-state index >= 15 is 0 Å². The predicted molar refractivity (Wildman–Crippen MR) is 58.8 cm³/mol. The van der Waals surface area contributed by atoms with Gasteiger partial charge in [-0.05, 0) is 13.0 Å². The summed E-state index contributed by atoms with van der Waals surface area (Å²) in [7, 11) is 1.17. The number of fused-ring (bicyclic) bond motifs is 1. The number of aromatic amines is 1. The summed E-state index contributed by atoms with van der Waals surface area (Å²) in [5.74, 6) is -0.751. The van der Waals surface area contributed by atoms with E-state index in [9.17, 15) is 14.9 Å². The zero-order valence-corrected chi connectivity index (χ0v) is 9.18. The van der Waals surface area contributed by atoms with E-state index in [1.807, 2.05) is 0 Å². The molecule has 0 spiro atoms. The number of nitrogens with one attached hydrogen (secondary N) is 1. The van der Waals surface area contributed by atoms with Crippen LogP contribution >= 0.6 is 0 Å². The molecule has 0 radical (unpaired) electrons. The number of hydrogen-bond donors (Lipinski definition) is 1. The maximum atomic E-state index is 11.4. The van der Waals surface area contributed by atoms with Crippen LogP contribution < -0.4 is 0 Å². The molecule has 0 fully saturated rings. The lowest BCUT2D eigenvalue weighted by Gasteiger charge is -2.01. The van der Waals surface area contributed by atoms with Crippen LogP contribution in [0.2, 0.25) is 0 Å². The van der Waals surface area contributed by atoms with Gasteiger partial charge in [-0.3, -0.25) is 15.2 Å². The monoisotopic (exact) mass is 235 g/mol. The van der Waals surface area contributed by atoms with Crippen LogP contribution in [0.15, 0.2) is 12.1 Å². The van der Waals surface area contributed by atoms with Crippen molar-refractivity contribution < 1.29 is 14.5 Å². The van der Waals surface area contributed by atoms with Crippen LogP contribution in [-0.4, -0.2) is 28.2 Å². The first-order valence-corrected chi connectivity index (χ1v) is 4.76. The van der Waals surface area contributed by atoms with Crippen molar-refractivity contribution in [2.45, 2.75) is 6.92 Å². The molecule has 0 saturated heterocycles. The minimum Gasteiger partial charge on any atom is -0.465 e. The molecule has 7 heteroatoms. The highest BCUT2D eigenvalue weighted by molar-refractivity contribution is 5.99. The molecule has 88 valence electrons. The van der Waals surface area contributed by atoms with Gasteiger partial charge in [-0.15, -0.1) is 0 Å². The Bertz CT molecular complexity index is 617. The van der Waals surface area contributed by atoms with Gasteiger partial charge in [-0.1, -0.05) is 0 Å². The topological polar surface area (TPSA) is 98.1 Å². The van der Waals surface area contributed by atoms with Gasteiger partial charge >= 0.3 is 5.97 Å². The van der Waals surface area contributed by atoms with Gasteiger partial charge in [0.25, 0.3) is 5.69 Å². The number of ether oxygens (including phenoxy) is 1. The van der Waals surface area contributed by atoms with Gasteiger partial charge in [0.1, 0.15) is 5.56 Å². The average molecular weight is 235 g/mol. The van der Waals surface area contributed by atoms with Gasteiger partial charge in [0.2, 0.25) is 0 Å². The highest BCUT2D eigenvalue weighted by Crippen LogP contribution is 2.26. The Morgan fingerprint density at radius 1 is 1.53 bits per heavy atom. The lowest BCUT2D eigenvalue weighted by atomic mass is 10.1. The number of esters is 1. The summed E-state index contributed by atoms with van der Waals surface area (Å²) in [4.78, 5) is 21.7. The molecule has 0 aliphatic heterocycles. The first-order valence-electron chi connectivity index (χ1n) is 4.76. The largest absolute Gasteiger partial charge is 0.465 e. The molecule has 2 rings (SSSR count). The van der Waals surface area contributed by atoms with Gasteiger partial charge in [-0.25, -0.2) is 4.79 Å². The maximum absolute atomic E-state index is 11.4. The van der Waals surface area contributed by atoms with E-state index in [0.717, 1.165) is 0 Å². The summed E-state index contributed by atoms with van der Waals surface area (Å²) in [6, 6.07) is 2.67. The van der Waals surface area contributed by atoms with Gasteiger partial charge in [0, 0.05) is 17.1 Å². The Hall–Kier alpha value is -2.44. The fourth-order valence-corrected chi connectivity index (χ4v) is 1.60. The summed E-state index contributed by atoms with van der Waals surface area (Å²) >= 11 is 0. The fraction of sp³-hybridized carbons (Fsp3) is 0.200. The van der Waals surface area contributed by atoms with Crippen molar-refractivity contribution in [1.82, 2.24) is 10.2 Å². The second-order valence-electron chi connectivity index (χ2n) is 3.48. The smallest absolute Gasteiger partial charge is 0.344 e. The lowest BCUT2D eigenvalue weighted by Crippen LogP contribution is -2.05. The Kier molecular flexibility index (Phi) is 2.51. The standard InChI is InChI=1S/C10H9N3O4/c1-5-6-4-9(13(15)16)7(10(14)17-2)3-8(6)12-11-5/h3-4H,1-2H3,(H,11,12). The summed E-state index contributed by atoms with van der Waals surface area (Å²) in [5, 5.41) is 18.1. The third-order valence-corrected chi connectivity index (χ3v) is 2.46. The fourth-order valence-electron chi connectivity index (χ4n) is 1.60. The second-order valence-corrected chi connectivity index (χ2v) is 3.48. The number of methoxy groups -OCH3 is 1. The van der Waals surface area contributed by atoms with Crippen LogP contribution in [0.3, 0.4) is 0 Å². The molecule has 0 aliphatic carbocycles. The first kappa shape index (κ1) is 11.1. The van der Waals surface area contributed by atoms with E-state index in [4.69, 9.17) is 0 Å². The van der Waals surface area contributed by atoms with E-state index in [0.29, 0.717) is 16.6 Å². The zero-order valence-electron chi connectivity index (χ0n) is 9.18. The lowest BCUT2D eigenvalue weighted by molar-refractivity contribution is -0.385. The van der Waals surface area contributed by atoms with Crippen LogP contribution in [0.25, 0.3) is 10.9 Å². The quantitative estimate of drug-likeness (QED) is 0.484. The molecule has 0 bridgehead atoms. The Labute approximate surface area is 95.5 Å². The molecule has 2 aromatic rings. The van der Waals surface area contributed by atoms with Crippen LogP contribution in [0, 0.1) is 17.0 Å². The van der Waals surface area contributed by atoms with Crippen molar-refractivity contribution in [2.75, 3.05) is 7.11 Å². The molecule has 0 amide bonds. The van der Waals surface area contributed by atoms with E-state index in [-0.39, 0.29) is 11.3 Å². The minimum absolute atomic E-state index is 0.100. The van der Waals surface area contributed by atoms with Crippen LogP contribution in [0.4, 0.5) is 5.69 Å². The van der Waals surface area contributed by atoms with Crippen molar-refractivity contribution >= 4 is 22.6 Å². The second kappa shape index (κ2) is 3.85. The van der Waals surface area contributed by atoms with Gasteiger partial charge in [0.05, 0.1) is 17.5 Å². The zero-order chi connectivity index (χ0) is 12.6. The number of nitro groups is 1. The van der Waals surface area contributed by atoms with Crippen molar-refractivity contribution in [1.29, 1.82) is 0 Å². The molecule has 1 aromatic carbocycles. The highest BCUT2D eigenvalue weighted by Gasteiger charge is 2.23. The number of aryl methyl sites for hydroxylation is 1. The van der Waals surface area contributed by atoms with Crippen LogP contribution in [-0.2, 0) is 4.74 Å². The Balaban J connectivity index is 2.76. The van der Waals surface area contributed by atoms with E-state index in [1.165, 1.54) is 19.2 Å². The molecule has 17 heavy (non-hydrogen) atoms. The molecular formula is C10H9N3O4. The number of hydrogen-bond acceptors (Lipinski definition) is 5.